The van der Waals surface area contributed by atoms with Crippen LogP contribution in [0.15, 0.2) is 96.2 Å². The molecule has 59 heavy (non-hydrogen) atoms. The third-order valence-electron chi connectivity index (χ3n) is 11.4. The second-order valence-corrected chi connectivity index (χ2v) is 15.4. The summed E-state index contributed by atoms with van der Waals surface area (Å²) in [5, 5.41) is 46.6. The van der Waals surface area contributed by atoms with E-state index in [0.29, 0.717) is 48.3 Å². The number of amides is 1. The Balaban J connectivity index is 1.57. The van der Waals surface area contributed by atoms with E-state index in [2.05, 4.69) is 12.7 Å². The summed E-state index contributed by atoms with van der Waals surface area (Å²) < 4.78 is 33.9. The molecule has 3 aromatic rings. The number of benzene rings is 3. The maximum atomic E-state index is 14.3. The van der Waals surface area contributed by atoms with Gasteiger partial charge in [-0.1, -0.05) is 42.3 Å². The summed E-state index contributed by atoms with van der Waals surface area (Å²) in [7, 11) is 0. The zero-order chi connectivity index (χ0) is 41.9. The number of aliphatic hydroxyl groups excluding tert-OH is 2. The monoisotopic (exact) mass is 835 g/mol. The molecule has 0 saturated heterocycles. The molecule has 2 aliphatic carbocycles. The second-order valence-electron chi connectivity index (χ2n) is 15.0. The van der Waals surface area contributed by atoms with E-state index in [1.165, 1.54) is 29.2 Å². The van der Waals surface area contributed by atoms with Crippen molar-refractivity contribution in [2.24, 2.45) is 22.9 Å². The van der Waals surface area contributed by atoms with Crippen LogP contribution in [0.25, 0.3) is 0 Å². The summed E-state index contributed by atoms with van der Waals surface area (Å²) in [6, 6.07) is 15.8. The number of oxime groups is 1. The van der Waals surface area contributed by atoms with Crippen molar-refractivity contribution in [3.05, 3.63) is 124 Å². The van der Waals surface area contributed by atoms with Crippen LogP contribution in [0.5, 0.6) is 11.5 Å². The molecule has 1 heterocycles. The number of hydrogen-bond acceptors (Lipinski definition) is 11. The Hall–Kier alpha value is -5.02. The molecule has 0 radical (unpaired) electrons. The molecule has 0 spiro atoms. The molecule has 316 valence electrons. The minimum atomic E-state index is -1.60. The summed E-state index contributed by atoms with van der Waals surface area (Å²) in [5.74, 6) is -2.62. The first-order valence-electron chi connectivity index (χ1n) is 20.0. The number of phenols is 1. The van der Waals surface area contributed by atoms with E-state index >= 15 is 0 Å². The minimum Gasteiger partial charge on any atom is -0.508 e. The average Bonchev–Trinajstić information content (AvgIpc) is 3.23. The minimum absolute atomic E-state index is 0.0143. The van der Waals surface area contributed by atoms with Crippen LogP contribution in [0, 0.1) is 33.7 Å². The van der Waals surface area contributed by atoms with Crippen LogP contribution in [-0.4, -0.2) is 81.1 Å². The summed E-state index contributed by atoms with van der Waals surface area (Å²) in [6.07, 6.45) is 7.20. The van der Waals surface area contributed by atoms with Crippen LogP contribution in [0.2, 0.25) is 0 Å². The van der Waals surface area contributed by atoms with E-state index < -0.39 is 34.6 Å². The van der Waals surface area contributed by atoms with Crippen LogP contribution in [0.1, 0.15) is 67.6 Å². The van der Waals surface area contributed by atoms with Crippen LogP contribution in [-0.2, 0) is 27.5 Å². The lowest BCUT2D eigenvalue weighted by atomic mass is 9.55. The Labute approximate surface area is 347 Å². The molecule has 6 rings (SSSR count). The second kappa shape index (κ2) is 20.3. The molecular weight excluding hydrogens is 785 g/mol. The number of aliphatic hydroxyl groups is 2. The molecule has 3 N–H and O–H groups in total. The van der Waals surface area contributed by atoms with Gasteiger partial charge >= 0.3 is 6.09 Å². The fraction of sp³-hybridized carbons (Fsp3) is 0.455. The average molecular weight is 836 g/mol. The summed E-state index contributed by atoms with van der Waals surface area (Å²) in [5.41, 5.74) is 3.22. The SMILES string of the molecule is C=CCOC12Oc3ccc(O)cc3C3C(CCCCO)C(CCCCO)C=C(C(=NOCc4ccc([N+](=O)[O-])cc4)CC1N(Cc1ccc(F)cc1)C(=O)OCCCl)C32. The van der Waals surface area contributed by atoms with Crippen molar-refractivity contribution in [2.75, 3.05) is 32.3 Å². The third-order valence-corrected chi connectivity index (χ3v) is 11.5. The molecule has 1 saturated carbocycles. The van der Waals surface area contributed by atoms with E-state index in [9.17, 15) is 34.6 Å². The molecule has 3 aliphatic rings. The first-order valence-corrected chi connectivity index (χ1v) is 20.5. The normalized spacial score (nSPS) is 23.6. The molecule has 15 heteroatoms. The molecule has 0 bridgehead atoms. The van der Waals surface area contributed by atoms with Crippen molar-refractivity contribution < 1.29 is 48.5 Å². The highest BCUT2D eigenvalue weighted by atomic mass is 35.5. The molecule has 0 aromatic heterocycles. The van der Waals surface area contributed by atoms with E-state index in [1.807, 2.05) is 0 Å². The van der Waals surface area contributed by atoms with Crippen LogP contribution in [0.4, 0.5) is 14.9 Å². The lowest BCUT2D eigenvalue weighted by Gasteiger charge is -2.59. The van der Waals surface area contributed by atoms with Gasteiger partial charge in [0, 0.05) is 49.8 Å². The molecule has 6 unspecified atom stereocenters. The summed E-state index contributed by atoms with van der Waals surface area (Å²) in [4.78, 5) is 32.7. The van der Waals surface area contributed by atoms with Gasteiger partial charge in [-0.3, -0.25) is 15.0 Å². The van der Waals surface area contributed by atoms with Gasteiger partial charge in [-0.25, -0.2) is 9.18 Å². The number of non-ortho nitro benzene ring substituents is 1. The smallest absolute Gasteiger partial charge is 0.410 e. The maximum Gasteiger partial charge on any atom is 0.410 e. The van der Waals surface area contributed by atoms with E-state index in [-0.39, 0.29) is 81.1 Å². The van der Waals surface area contributed by atoms with Gasteiger partial charge in [0.2, 0.25) is 5.79 Å². The molecule has 13 nitrogen and oxygen atoms in total. The number of ether oxygens (including phenoxy) is 3. The number of fused-ring (bicyclic) bond motifs is 2. The summed E-state index contributed by atoms with van der Waals surface area (Å²) >= 11 is 6.01. The standard InChI is InChI=1S/C44H51ClFN3O10/c1-2-22-57-44-40(48(43(53)56-23-19-45)27-29-9-13-32(46)14-10-29)26-38(47-58-28-30-11-15-33(16-12-30)49(54)55)36-24-31(7-3-5-20-50)35(8-4-6-21-51)41(42(36)44)37-25-34(52)17-18-39(37)59-44/h2,9-18,24-25,31,35,40-42,50-52H,1,3-8,19-23,26-28H2. The van der Waals surface area contributed by atoms with E-state index in [0.717, 1.165) is 24.0 Å². The predicted molar refractivity (Wildman–Crippen MR) is 219 cm³/mol. The van der Waals surface area contributed by atoms with Crippen LogP contribution < -0.4 is 4.74 Å². The van der Waals surface area contributed by atoms with Crippen molar-refractivity contribution in [1.82, 2.24) is 4.90 Å². The number of aromatic hydroxyl groups is 1. The molecular formula is C44H51ClFN3O10. The third kappa shape index (κ3) is 9.89. The highest BCUT2D eigenvalue weighted by Gasteiger charge is 2.65. The van der Waals surface area contributed by atoms with Crippen molar-refractivity contribution in [1.29, 1.82) is 0 Å². The van der Waals surface area contributed by atoms with Crippen LogP contribution in [0.3, 0.4) is 0 Å². The predicted octanol–water partition coefficient (Wildman–Crippen LogP) is 8.15. The number of allylic oxidation sites excluding steroid dienone is 1. The number of carbonyl (C=O) groups excluding carboxylic acids is 1. The van der Waals surface area contributed by atoms with E-state index in [1.54, 1.807) is 48.5 Å². The molecule has 1 fully saturated rings. The fourth-order valence-corrected chi connectivity index (χ4v) is 8.93. The number of nitro groups is 1. The molecule has 6 atom stereocenters. The number of halogens is 2. The van der Waals surface area contributed by atoms with Gasteiger partial charge in [-0.05, 0) is 96.7 Å². The topological polar surface area (TPSA) is 173 Å². The van der Waals surface area contributed by atoms with Gasteiger partial charge in [0.05, 0.1) is 29.0 Å². The largest absolute Gasteiger partial charge is 0.508 e. The molecule has 1 aliphatic heterocycles. The van der Waals surface area contributed by atoms with Gasteiger partial charge < -0.3 is 34.4 Å². The molecule has 3 aromatic carbocycles. The maximum absolute atomic E-state index is 14.3. The van der Waals surface area contributed by atoms with E-state index in [4.69, 9.17) is 35.8 Å². The zero-order valence-corrected chi connectivity index (χ0v) is 33.6. The van der Waals surface area contributed by atoms with Gasteiger partial charge in [0.15, 0.2) is 0 Å². The van der Waals surface area contributed by atoms with Gasteiger partial charge in [-0.2, -0.15) is 0 Å². The number of carbonyl (C=O) groups is 1. The first kappa shape index (κ1) is 43.6. The first-order chi connectivity index (χ1) is 28.6. The van der Waals surface area contributed by atoms with Gasteiger partial charge in [0.1, 0.15) is 36.6 Å². The Morgan fingerprint density at radius 1 is 1.05 bits per heavy atom. The van der Waals surface area contributed by atoms with Crippen molar-refractivity contribution in [3.63, 3.8) is 0 Å². The highest BCUT2D eigenvalue weighted by molar-refractivity contribution is 6.18. The van der Waals surface area contributed by atoms with Gasteiger partial charge in [-0.15, -0.1) is 18.2 Å². The highest BCUT2D eigenvalue weighted by Crippen LogP contribution is 2.62. The fourth-order valence-electron chi connectivity index (χ4n) is 8.85. The zero-order valence-electron chi connectivity index (χ0n) is 32.8. The Kier molecular flexibility index (Phi) is 15.0. The Morgan fingerprint density at radius 2 is 1.76 bits per heavy atom. The number of rotatable bonds is 20. The number of nitro benzene ring substituents is 1. The van der Waals surface area contributed by atoms with Crippen LogP contribution >= 0.6 is 11.6 Å². The quantitative estimate of drug-likeness (QED) is 0.0332. The number of nitrogens with zero attached hydrogens (tertiary/aromatic N) is 3. The van der Waals surface area contributed by atoms with Crippen molar-refractivity contribution in [2.45, 2.75) is 75.8 Å². The number of phenolic OH excluding ortho intramolecular Hbond substituents is 1. The lowest BCUT2D eigenvalue weighted by molar-refractivity contribution is -0.384. The Morgan fingerprint density at radius 3 is 2.44 bits per heavy atom. The lowest BCUT2D eigenvalue weighted by Crippen LogP contribution is -2.70. The number of hydrogen-bond donors (Lipinski definition) is 3. The number of alkyl halides is 1. The summed E-state index contributed by atoms with van der Waals surface area (Å²) in [6.45, 7) is 3.90. The Bertz CT molecular complexity index is 1980. The van der Waals surface area contributed by atoms with Crippen molar-refractivity contribution >= 4 is 29.1 Å². The van der Waals surface area contributed by atoms with Gasteiger partial charge in [0.25, 0.3) is 5.69 Å². The molecule has 1 amide bonds. The number of unbranched alkanes of at least 4 members (excludes halogenated alkanes) is 2. The van der Waals surface area contributed by atoms with Crippen molar-refractivity contribution in [3.8, 4) is 11.5 Å².